The van der Waals surface area contributed by atoms with E-state index in [1.807, 2.05) is 46.0 Å². The van der Waals surface area contributed by atoms with Gasteiger partial charge in [-0.3, -0.25) is 9.59 Å². The van der Waals surface area contributed by atoms with Crippen LogP contribution in [-0.4, -0.2) is 36.9 Å². The Labute approximate surface area is 138 Å². The Morgan fingerprint density at radius 2 is 1.91 bits per heavy atom. The van der Waals surface area contributed by atoms with E-state index in [0.717, 1.165) is 36.4 Å². The van der Waals surface area contributed by atoms with Gasteiger partial charge in [-0.25, -0.2) is 0 Å². The monoisotopic (exact) mass is 317 g/mol. The third kappa shape index (κ3) is 4.79. The first-order valence-corrected chi connectivity index (χ1v) is 8.25. The molecule has 1 fully saturated rings. The molecular weight excluding hydrogens is 290 g/mol. The van der Waals surface area contributed by atoms with Crippen molar-refractivity contribution in [3.8, 4) is 0 Å². The summed E-state index contributed by atoms with van der Waals surface area (Å²) in [4.78, 5) is 26.5. The number of nitrogens with zero attached hydrogens (tertiary/aromatic N) is 1. The normalized spacial score (nSPS) is 18.2. The average molecular weight is 317 g/mol. The largest absolute Gasteiger partial charge is 0.326 e. The van der Waals surface area contributed by atoms with Gasteiger partial charge < -0.3 is 15.5 Å². The lowest BCUT2D eigenvalue weighted by atomic mass is 10.1. The fourth-order valence-corrected chi connectivity index (χ4v) is 2.86. The predicted molar refractivity (Wildman–Crippen MR) is 93.5 cm³/mol. The summed E-state index contributed by atoms with van der Waals surface area (Å²) in [6.45, 7) is 7.71. The van der Waals surface area contributed by atoms with Gasteiger partial charge in [0.05, 0.1) is 5.92 Å². The molecule has 1 aliphatic rings. The number of hydrogen-bond donors (Lipinski definition) is 2. The zero-order valence-electron chi connectivity index (χ0n) is 14.5. The first-order chi connectivity index (χ1) is 10.9. The molecule has 1 aromatic rings. The Bertz CT molecular complexity index is 584. The van der Waals surface area contributed by atoms with Gasteiger partial charge >= 0.3 is 0 Å². The highest BCUT2D eigenvalue weighted by Crippen LogP contribution is 2.25. The van der Waals surface area contributed by atoms with E-state index in [1.165, 1.54) is 0 Å². The molecule has 126 valence electrons. The minimum atomic E-state index is 0.00370. The Morgan fingerprint density at radius 1 is 1.26 bits per heavy atom. The number of likely N-dealkylation sites (tertiary alicyclic amines) is 1. The van der Waals surface area contributed by atoms with Gasteiger partial charge in [0, 0.05) is 24.3 Å². The molecule has 1 aliphatic heterocycles. The minimum absolute atomic E-state index is 0.00370. The molecule has 5 heteroatoms. The molecule has 2 N–H and O–H groups in total. The van der Waals surface area contributed by atoms with Crippen LogP contribution in [0.15, 0.2) is 18.2 Å². The van der Waals surface area contributed by atoms with E-state index < -0.39 is 0 Å². The smallest absolute Gasteiger partial charge is 0.228 e. The van der Waals surface area contributed by atoms with E-state index in [0.29, 0.717) is 12.3 Å². The lowest BCUT2D eigenvalue weighted by Gasteiger charge is -2.16. The molecule has 1 saturated heterocycles. The van der Waals surface area contributed by atoms with Crippen LogP contribution in [-0.2, 0) is 9.59 Å². The summed E-state index contributed by atoms with van der Waals surface area (Å²) in [7, 11) is 2.03. The SMILES string of the molecule is Cc1c(NC(=O)CC(C)C)cccc1NC(=O)C1CCN(C)C1. The van der Waals surface area contributed by atoms with Gasteiger partial charge in [0.15, 0.2) is 0 Å². The molecule has 1 aromatic carbocycles. The van der Waals surface area contributed by atoms with Crippen LogP contribution in [0.25, 0.3) is 0 Å². The van der Waals surface area contributed by atoms with Gasteiger partial charge in [0.2, 0.25) is 11.8 Å². The van der Waals surface area contributed by atoms with Crippen LogP contribution < -0.4 is 10.6 Å². The third-order valence-corrected chi connectivity index (χ3v) is 4.22. The van der Waals surface area contributed by atoms with Gasteiger partial charge in [-0.15, -0.1) is 0 Å². The predicted octanol–water partition coefficient (Wildman–Crippen LogP) is 2.87. The number of hydrogen-bond acceptors (Lipinski definition) is 3. The second kappa shape index (κ2) is 7.59. The summed E-state index contributed by atoms with van der Waals surface area (Å²) in [6, 6.07) is 5.60. The van der Waals surface area contributed by atoms with Crippen molar-refractivity contribution in [2.75, 3.05) is 30.8 Å². The van der Waals surface area contributed by atoms with Crippen molar-refractivity contribution in [2.45, 2.75) is 33.6 Å². The molecule has 0 bridgehead atoms. The molecule has 2 rings (SSSR count). The molecule has 1 heterocycles. The molecule has 0 aromatic heterocycles. The Balaban J connectivity index is 2.04. The Kier molecular flexibility index (Phi) is 5.77. The van der Waals surface area contributed by atoms with Gasteiger partial charge in [0.1, 0.15) is 0 Å². The second-order valence-corrected chi connectivity index (χ2v) is 6.86. The van der Waals surface area contributed by atoms with Crippen molar-refractivity contribution in [2.24, 2.45) is 11.8 Å². The number of carbonyl (C=O) groups excluding carboxylic acids is 2. The standard InChI is InChI=1S/C18H27N3O2/c1-12(2)10-17(22)19-15-6-5-7-16(13(15)3)20-18(23)14-8-9-21(4)11-14/h5-7,12,14H,8-11H2,1-4H3,(H,19,22)(H,20,23). The van der Waals surface area contributed by atoms with Crippen molar-refractivity contribution >= 4 is 23.2 Å². The van der Waals surface area contributed by atoms with Crippen LogP contribution in [0.2, 0.25) is 0 Å². The second-order valence-electron chi connectivity index (χ2n) is 6.86. The molecule has 23 heavy (non-hydrogen) atoms. The lowest BCUT2D eigenvalue weighted by molar-refractivity contribution is -0.119. The van der Waals surface area contributed by atoms with Crippen LogP contribution >= 0.6 is 0 Å². The maximum Gasteiger partial charge on any atom is 0.228 e. The summed E-state index contributed by atoms with van der Waals surface area (Å²) in [6.07, 6.45) is 1.39. The molecular formula is C18H27N3O2. The van der Waals surface area contributed by atoms with Gasteiger partial charge in [-0.1, -0.05) is 19.9 Å². The molecule has 2 amide bonds. The van der Waals surface area contributed by atoms with Crippen molar-refractivity contribution in [3.63, 3.8) is 0 Å². The molecule has 5 nitrogen and oxygen atoms in total. The number of amides is 2. The zero-order chi connectivity index (χ0) is 17.0. The van der Waals surface area contributed by atoms with Gasteiger partial charge in [-0.2, -0.15) is 0 Å². The maximum absolute atomic E-state index is 12.4. The van der Waals surface area contributed by atoms with Crippen LogP contribution in [0.3, 0.4) is 0 Å². The van der Waals surface area contributed by atoms with Crippen LogP contribution in [0.4, 0.5) is 11.4 Å². The average Bonchev–Trinajstić information content (AvgIpc) is 2.89. The van der Waals surface area contributed by atoms with E-state index in [4.69, 9.17) is 0 Å². The Hall–Kier alpha value is -1.88. The summed E-state index contributed by atoms with van der Waals surface area (Å²) >= 11 is 0. The fourth-order valence-electron chi connectivity index (χ4n) is 2.86. The first kappa shape index (κ1) is 17.5. The van der Waals surface area contributed by atoms with Crippen molar-refractivity contribution < 1.29 is 9.59 Å². The summed E-state index contributed by atoms with van der Waals surface area (Å²) < 4.78 is 0. The summed E-state index contributed by atoms with van der Waals surface area (Å²) in [5, 5.41) is 5.94. The minimum Gasteiger partial charge on any atom is -0.326 e. The quantitative estimate of drug-likeness (QED) is 0.878. The zero-order valence-corrected chi connectivity index (χ0v) is 14.5. The first-order valence-electron chi connectivity index (χ1n) is 8.25. The lowest BCUT2D eigenvalue weighted by Crippen LogP contribution is -2.26. The number of rotatable bonds is 5. The highest BCUT2D eigenvalue weighted by molar-refractivity contribution is 5.96. The molecule has 1 atom stereocenters. The molecule has 0 aliphatic carbocycles. The van der Waals surface area contributed by atoms with E-state index >= 15 is 0 Å². The van der Waals surface area contributed by atoms with E-state index in [9.17, 15) is 9.59 Å². The maximum atomic E-state index is 12.4. The Morgan fingerprint density at radius 3 is 2.48 bits per heavy atom. The highest BCUT2D eigenvalue weighted by Gasteiger charge is 2.26. The number of carbonyl (C=O) groups is 2. The van der Waals surface area contributed by atoms with E-state index in [2.05, 4.69) is 15.5 Å². The number of benzene rings is 1. The van der Waals surface area contributed by atoms with Crippen LogP contribution in [0.1, 0.15) is 32.3 Å². The van der Waals surface area contributed by atoms with E-state index in [-0.39, 0.29) is 17.7 Å². The van der Waals surface area contributed by atoms with Crippen molar-refractivity contribution in [1.29, 1.82) is 0 Å². The summed E-state index contributed by atoms with van der Waals surface area (Å²) in [5.41, 5.74) is 2.42. The molecule has 1 unspecified atom stereocenters. The topological polar surface area (TPSA) is 61.4 Å². The fraction of sp³-hybridized carbons (Fsp3) is 0.556. The van der Waals surface area contributed by atoms with E-state index in [1.54, 1.807) is 0 Å². The van der Waals surface area contributed by atoms with Gasteiger partial charge in [0.25, 0.3) is 0 Å². The van der Waals surface area contributed by atoms with Crippen LogP contribution in [0.5, 0.6) is 0 Å². The highest BCUT2D eigenvalue weighted by atomic mass is 16.2. The summed E-state index contributed by atoms with van der Waals surface area (Å²) in [5.74, 6) is 0.420. The van der Waals surface area contributed by atoms with Crippen molar-refractivity contribution in [3.05, 3.63) is 23.8 Å². The van der Waals surface area contributed by atoms with Crippen LogP contribution in [0, 0.1) is 18.8 Å². The molecule has 0 saturated carbocycles. The number of anilines is 2. The van der Waals surface area contributed by atoms with Crippen molar-refractivity contribution in [1.82, 2.24) is 4.90 Å². The third-order valence-electron chi connectivity index (χ3n) is 4.22. The molecule has 0 radical (unpaired) electrons. The number of nitrogens with one attached hydrogen (secondary N) is 2. The van der Waals surface area contributed by atoms with Gasteiger partial charge in [-0.05, 0) is 50.6 Å². The molecule has 0 spiro atoms.